The van der Waals surface area contributed by atoms with Gasteiger partial charge in [0.1, 0.15) is 0 Å². The Hall–Kier alpha value is 0.400. The maximum Gasteiger partial charge on any atom is 0.0718 e. The molecule has 0 atom stereocenters. The molecule has 12 heavy (non-hydrogen) atoms. The van der Waals surface area contributed by atoms with E-state index in [1.165, 1.54) is 12.8 Å². The predicted octanol–water partition coefficient (Wildman–Crippen LogP) is 1.86. The number of alkyl halides is 1. The zero-order valence-corrected chi connectivity index (χ0v) is 9.89. The van der Waals surface area contributed by atoms with E-state index in [1.807, 2.05) is 20.9 Å². The number of hydrogen-bond acceptors (Lipinski definition) is 2. The second kappa shape index (κ2) is 5.95. The normalized spacial score (nSPS) is 12.5. The number of halogens is 1. The monoisotopic (exact) mass is 237 g/mol. The first-order valence-electron chi connectivity index (χ1n) is 4.42. The van der Waals surface area contributed by atoms with Crippen molar-refractivity contribution in [3.8, 4) is 0 Å². The lowest BCUT2D eigenvalue weighted by Crippen LogP contribution is -2.36. The SMILES string of the molecule is CN(CCCCBr)CC(C)(C)O. The molecule has 0 aromatic carbocycles. The molecule has 1 N–H and O–H groups in total. The van der Waals surface area contributed by atoms with Crippen LogP contribution in [0.1, 0.15) is 26.7 Å². The first kappa shape index (κ1) is 12.4. The molecular weight excluding hydrogens is 218 g/mol. The van der Waals surface area contributed by atoms with Gasteiger partial charge in [-0.25, -0.2) is 0 Å². The first-order valence-corrected chi connectivity index (χ1v) is 5.55. The fraction of sp³-hybridized carbons (Fsp3) is 1.00. The Balaban J connectivity index is 3.40. The smallest absolute Gasteiger partial charge is 0.0718 e. The summed E-state index contributed by atoms with van der Waals surface area (Å²) in [5.74, 6) is 0. The van der Waals surface area contributed by atoms with Crippen LogP contribution in [0.15, 0.2) is 0 Å². The molecule has 0 radical (unpaired) electrons. The average Bonchev–Trinajstić information content (AvgIpc) is 1.84. The number of hydrogen-bond donors (Lipinski definition) is 1. The number of aliphatic hydroxyl groups is 1. The van der Waals surface area contributed by atoms with Crippen LogP contribution in [-0.4, -0.2) is 41.1 Å². The molecule has 0 saturated carbocycles. The van der Waals surface area contributed by atoms with E-state index < -0.39 is 5.60 Å². The summed E-state index contributed by atoms with van der Waals surface area (Å²) in [5, 5.41) is 10.6. The topological polar surface area (TPSA) is 23.5 Å². The lowest BCUT2D eigenvalue weighted by molar-refractivity contribution is 0.0443. The van der Waals surface area contributed by atoms with Gasteiger partial charge in [0.05, 0.1) is 5.60 Å². The van der Waals surface area contributed by atoms with Gasteiger partial charge in [-0.05, 0) is 40.3 Å². The van der Waals surface area contributed by atoms with E-state index >= 15 is 0 Å². The summed E-state index contributed by atoms with van der Waals surface area (Å²) in [7, 11) is 2.05. The minimum absolute atomic E-state index is 0.566. The molecule has 0 aliphatic carbocycles. The van der Waals surface area contributed by atoms with Gasteiger partial charge in [-0.15, -0.1) is 0 Å². The Morgan fingerprint density at radius 3 is 2.33 bits per heavy atom. The van der Waals surface area contributed by atoms with E-state index in [0.717, 1.165) is 18.4 Å². The number of rotatable bonds is 6. The summed E-state index contributed by atoms with van der Waals surface area (Å²) in [6.07, 6.45) is 2.40. The van der Waals surface area contributed by atoms with Gasteiger partial charge in [0.15, 0.2) is 0 Å². The van der Waals surface area contributed by atoms with Gasteiger partial charge in [0.25, 0.3) is 0 Å². The van der Waals surface area contributed by atoms with Crippen molar-refractivity contribution in [1.29, 1.82) is 0 Å². The van der Waals surface area contributed by atoms with E-state index in [-0.39, 0.29) is 0 Å². The molecule has 3 heteroatoms. The van der Waals surface area contributed by atoms with E-state index in [4.69, 9.17) is 0 Å². The molecule has 74 valence electrons. The molecule has 2 nitrogen and oxygen atoms in total. The summed E-state index contributed by atoms with van der Waals surface area (Å²) < 4.78 is 0. The van der Waals surface area contributed by atoms with E-state index in [1.54, 1.807) is 0 Å². The van der Waals surface area contributed by atoms with Crippen molar-refractivity contribution >= 4 is 15.9 Å². The van der Waals surface area contributed by atoms with Crippen LogP contribution >= 0.6 is 15.9 Å². The Labute approximate surface area is 84.1 Å². The summed E-state index contributed by atoms with van der Waals surface area (Å²) in [5.41, 5.74) is -0.566. The molecule has 0 amide bonds. The van der Waals surface area contributed by atoms with Crippen molar-refractivity contribution in [1.82, 2.24) is 4.90 Å². The molecule has 0 heterocycles. The molecule has 0 aliphatic heterocycles. The van der Waals surface area contributed by atoms with Crippen LogP contribution in [0.4, 0.5) is 0 Å². The van der Waals surface area contributed by atoms with Crippen molar-refractivity contribution in [3.63, 3.8) is 0 Å². The highest BCUT2D eigenvalue weighted by Gasteiger charge is 2.14. The zero-order valence-electron chi connectivity index (χ0n) is 8.31. The Morgan fingerprint density at radius 2 is 1.92 bits per heavy atom. The van der Waals surface area contributed by atoms with Gasteiger partial charge in [0, 0.05) is 11.9 Å². The molecule has 0 fully saturated rings. The van der Waals surface area contributed by atoms with Gasteiger partial charge >= 0.3 is 0 Å². The summed E-state index contributed by atoms with van der Waals surface area (Å²) in [6.45, 7) is 5.49. The fourth-order valence-electron chi connectivity index (χ4n) is 1.22. The van der Waals surface area contributed by atoms with E-state index in [2.05, 4.69) is 20.8 Å². The minimum atomic E-state index is -0.566. The molecule has 0 rings (SSSR count). The van der Waals surface area contributed by atoms with Gasteiger partial charge in [-0.1, -0.05) is 15.9 Å². The molecule has 0 aromatic heterocycles. The Kier molecular flexibility index (Phi) is 6.14. The molecule has 0 aliphatic rings. The predicted molar refractivity (Wildman–Crippen MR) is 56.8 cm³/mol. The minimum Gasteiger partial charge on any atom is -0.389 e. The average molecular weight is 238 g/mol. The third-order valence-corrected chi connectivity index (χ3v) is 2.14. The Morgan fingerprint density at radius 1 is 1.33 bits per heavy atom. The van der Waals surface area contributed by atoms with Crippen molar-refractivity contribution in [2.24, 2.45) is 0 Å². The van der Waals surface area contributed by atoms with Crippen LogP contribution in [0.25, 0.3) is 0 Å². The van der Waals surface area contributed by atoms with E-state index in [0.29, 0.717) is 0 Å². The van der Waals surface area contributed by atoms with Crippen LogP contribution in [0.2, 0.25) is 0 Å². The van der Waals surface area contributed by atoms with Crippen LogP contribution in [0.3, 0.4) is 0 Å². The van der Waals surface area contributed by atoms with Crippen LogP contribution in [0, 0.1) is 0 Å². The molecule has 0 spiro atoms. The second-order valence-electron chi connectivity index (χ2n) is 3.95. The molecule has 0 unspecified atom stereocenters. The largest absolute Gasteiger partial charge is 0.389 e. The number of likely N-dealkylation sites (N-methyl/N-ethyl adjacent to an activating group) is 1. The maximum atomic E-state index is 9.49. The second-order valence-corrected chi connectivity index (χ2v) is 4.74. The van der Waals surface area contributed by atoms with Crippen LogP contribution < -0.4 is 0 Å². The lowest BCUT2D eigenvalue weighted by Gasteiger charge is -2.25. The third kappa shape index (κ3) is 8.50. The van der Waals surface area contributed by atoms with E-state index in [9.17, 15) is 5.11 Å². The summed E-state index contributed by atoms with van der Waals surface area (Å²) in [4.78, 5) is 2.17. The highest BCUT2D eigenvalue weighted by atomic mass is 79.9. The van der Waals surface area contributed by atoms with Crippen LogP contribution in [0.5, 0.6) is 0 Å². The quantitative estimate of drug-likeness (QED) is 0.564. The van der Waals surface area contributed by atoms with Crippen LogP contribution in [-0.2, 0) is 0 Å². The molecular formula is C9H20BrNO. The maximum absolute atomic E-state index is 9.49. The third-order valence-electron chi connectivity index (χ3n) is 1.58. The summed E-state index contributed by atoms with van der Waals surface area (Å²) in [6, 6.07) is 0. The standard InChI is InChI=1S/C9H20BrNO/c1-9(2,12)8-11(3)7-5-4-6-10/h12H,4-8H2,1-3H3. The summed E-state index contributed by atoms with van der Waals surface area (Å²) >= 11 is 3.39. The number of nitrogens with zero attached hydrogens (tertiary/aromatic N) is 1. The van der Waals surface area contributed by atoms with Gasteiger partial charge < -0.3 is 10.0 Å². The fourth-order valence-corrected chi connectivity index (χ4v) is 1.61. The zero-order chi connectivity index (χ0) is 9.61. The number of unbranched alkanes of at least 4 members (excludes halogenated alkanes) is 1. The van der Waals surface area contributed by atoms with Crippen molar-refractivity contribution in [2.75, 3.05) is 25.5 Å². The molecule has 0 aromatic rings. The van der Waals surface area contributed by atoms with Gasteiger partial charge in [0.2, 0.25) is 0 Å². The lowest BCUT2D eigenvalue weighted by atomic mass is 10.1. The molecule has 0 bridgehead atoms. The van der Waals surface area contributed by atoms with Crippen molar-refractivity contribution < 1.29 is 5.11 Å². The van der Waals surface area contributed by atoms with Crippen molar-refractivity contribution in [2.45, 2.75) is 32.3 Å². The first-order chi connectivity index (χ1) is 5.45. The van der Waals surface area contributed by atoms with Gasteiger partial charge in [-0.2, -0.15) is 0 Å². The molecule has 0 saturated heterocycles. The highest BCUT2D eigenvalue weighted by Crippen LogP contribution is 2.04. The Bertz CT molecular complexity index is 112. The van der Waals surface area contributed by atoms with Gasteiger partial charge in [-0.3, -0.25) is 0 Å². The highest BCUT2D eigenvalue weighted by molar-refractivity contribution is 9.09. The van der Waals surface area contributed by atoms with Crippen molar-refractivity contribution in [3.05, 3.63) is 0 Å².